The zero-order chi connectivity index (χ0) is 16.9. The Morgan fingerprint density at radius 1 is 1.38 bits per heavy atom. The molecule has 0 saturated carbocycles. The Morgan fingerprint density at radius 3 is 2.96 bits per heavy atom. The van der Waals surface area contributed by atoms with Crippen molar-refractivity contribution < 1.29 is 4.79 Å². The van der Waals surface area contributed by atoms with Crippen LogP contribution in [0.15, 0.2) is 24.3 Å². The number of anilines is 1. The Labute approximate surface area is 145 Å². The Hall–Kier alpha value is -1.75. The number of hydrogen-bond acceptors (Lipinski definition) is 3. The SMILES string of the molecule is CCN(CCNC(=O)N1C[C@H]2CC[C@@H](C1)NC2)c1cccc(C)c1. The summed E-state index contributed by atoms with van der Waals surface area (Å²) in [6.07, 6.45) is 2.45. The van der Waals surface area contributed by atoms with Gasteiger partial charge < -0.3 is 20.4 Å². The van der Waals surface area contributed by atoms with Gasteiger partial charge in [0.25, 0.3) is 0 Å². The highest BCUT2D eigenvalue weighted by Gasteiger charge is 2.31. The minimum absolute atomic E-state index is 0.0934. The predicted molar refractivity (Wildman–Crippen MR) is 98.6 cm³/mol. The number of piperidine rings is 1. The van der Waals surface area contributed by atoms with Crippen LogP contribution in [0.5, 0.6) is 0 Å². The smallest absolute Gasteiger partial charge is 0.317 e. The van der Waals surface area contributed by atoms with E-state index in [1.807, 2.05) is 4.90 Å². The first-order chi connectivity index (χ1) is 11.7. The minimum Gasteiger partial charge on any atom is -0.370 e. The summed E-state index contributed by atoms with van der Waals surface area (Å²) >= 11 is 0. The molecule has 3 saturated heterocycles. The van der Waals surface area contributed by atoms with E-state index in [0.717, 1.165) is 32.7 Å². The molecule has 2 atom stereocenters. The predicted octanol–water partition coefficient (Wildman–Crippen LogP) is 2.21. The average molecular weight is 330 g/mol. The van der Waals surface area contributed by atoms with Gasteiger partial charge in [-0.2, -0.15) is 0 Å². The lowest BCUT2D eigenvalue weighted by Gasteiger charge is -2.26. The third kappa shape index (κ3) is 4.20. The number of fused-ring (bicyclic) bond motifs is 4. The zero-order valence-corrected chi connectivity index (χ0v) is 14.9. The summed E-state index contributed by atoms with van der Waals surface area (Å²) in [5.41, 5.74) is 2.49. The van der Waals surface area contributed by atoms with E-state index in [9.17, 15) is 4.79 Å². The molecule has 24 heavy (non-hydrogen) atoms. The van der Waals surface area contributed by atoms with Crippen molar-refractivity contribution in [3.05, 3.63) is 29.8 Å². The van der Waals surface area contributed by atoms with Gasteiger partial charge in [-0.1, -0.05) is 12.1 Å². The van der Waals surface area contributed by atoms with Crippen LogP contribution in [-0.2, 0) is 0 Å². The maximum absolute atomic E-state index is 12.5. The van der Waals surface area contributed by atoms with Gasteiger partial charge in [0.05, 0.1) is 0 Å². The lowest BCUT2D eigenvalue weighted by Crippen LogP contribution is -2.46. The second kappa shape index (κ2) is 7.88. The Balaban J connectivity index is 1.49. The van der Waals surface area contributed by atoms with Crippen LogP contribution in [0.2, 0.25) is 0 Å². The van der Waals surface area contributed by atoms with E-state index in [1.54, 1.807) is 0 Å². The van der Waals surface area contributed by atoms with Crippen molar-refractivity contribution in [1.82, 2.24) is 15.5 Å². The number of urea groups is 1. The number of carbonyl (C=O) groups excluding carboxylic acids is 1. The van der Waals surface area contributed by atoms with Gasteiger partial charge in [0.1, 0.15) is 0 Å². The second-order valence-corrected chi connectivity index (χ2v) is 7.10. The molecule has 0 radical (unpaired) electrons. The van der Waals surface area contributed by atoms with Crippen LogP contribution in [-0.4, -0.2) is 56.2 Å². The van der Waals surface area contributed by atoms with E-state index in [4.69, 9.17) is 0 Å². The summed E-state index contributed by atoms with van der Waals surface area (Å²) in [6, 6.07) is 9.11. The summed E-state index contributed by atoms with van der Waals surface area (Å²) in [6.45, 7) is 9.53. The molecule has 5 heteroatoms. The van der Waals surface area contributed by atoms with E-state index in [0.29, 0.717) is 18.5 Å². The molecule has 2 N–H and O–H groups in total. The van der Waals surface area contributed by atoms with Gasteiger partial charge in [-0.25, -0.2) is 4.79 Å². The monoisotopic (exact) mass is 330 g/mol. The Kier molecular flexibility index (Phi) is 5.61. The van der Waals surface area contributed by atoms with Crippen molar-refractivity contribution >= 4 is 11.7 Å². The molecule has 132 valence electrons. The lowest BCUT2D eigenvalue weighted by molar-refractivity contribution is 0.196. The summed E-state index contributed by atoms with van der Waals surface area (Å²) < 4.78 is 0. The molecule has 3 heterocycles. The first-order valence-electron chi connectivity index (χ1n) is 9.23. The fourth-order valence-corrected chi connectivity index (χ4v) is 3.81. The topological polar surface area (TPSA) is 47.6 Å². The van der Waals surface area contributed by atoms with E-state index in [1.165, 1.54) is 24.1 Å². The summed E-state index contributed by atoms with van der Waals surface area (Å²) in [7, 11) is 0. The van der Waals surface area contributed by atoms with Crippen molar-refractivity contribution in [3.63, 3.8) is 0 Å². The van der Waals surface area contributed by atoms with Crippen molar-refractivity contribution in [2.24, 2.45) is 5.92 Å². The van der Waals surface area contributed by atoms with Crippen LogP contribution in [0, 0.1) is 12.8 Å². The van der Waals surface area contributed by atoms with E-state index >= 15 is 0 Å². The highest BCUT2D eigenvalue weighted by Crippen LogP contribution is 2.21. The quantitative estimate of drug-likeness (QED) is 0.870. The fourth-order valence-electron chi connectivity index (χ4n) is 3.81. The molecule has 4 rings (SSSR count). The zero-order valence-electron chi connectivity index (χ0n) is 14.9. The fraction of sp³-hybridized carbons (Fsp3) is 0.632. The van der Waals surface area contributed by atoms with Crippen molar-refractivity contribution in [2.75, 3.05) is 44.2 Å². The second-order valence-electron chi connectivity index (χ2n) is 7.10. The van der Waals surface area contributed by atoms with Crippen molar-refractivity contribution in [1.29, 1.82) is 0 Å². The molecule has 3 aliphatic heterocycles. The van der Waals surface area contributed by atoms with E-state index in [-0.39, 0.29) is 6.03 Å². The van der Waals surface area contributed by atoms with E-state index < -0.39 is 0 Å². The third-order valence-electron chi connectivity index (χ3n) is 5.23. The normalized spacial score (nSPS) is 23.0. The van der Waals surface area contributed by atoms with Gasteiger partial charge in [0, 0.05) is 44.5 Å². The number of carbonyl (C=O) groups is 1. The number of likely N-dealkylation sites (N-methyl/N-ethyl adjacent to an activating group) is 1. The van der Waals surface area contributed by atoms with Gasteiger partial charge in [-0.3, -0.25) is 0 Å². The number of hydrogen-bond donors (Lipinski definition) is 2. The van der Waals surface area contributed by atoms with Gasteiger partial charge in [0.2, 0.25) is 0 Å². The number of rotatable bonds is 5. The number of aryl methyl sites for hydroxylation is 1. The molecular weight excluding hydrogens is 300 g/mol. The lowest BCUT2D eigenvalue weighted by atomic mass is 9.97. The van der Waals surface area contributed by atoms with Gasteiger partial charge in [-0.15, -0.1) is 0 Å². The number of amides is 2. The van der Waals surface area contributed by atoms with Crippen LogP contribution < -0.4 is 15.5 Å². The number of benzene rings is 1. The molecule has 2 amide bonds. The van der Waals surface area contributed by atoms with Crippen LogP contribution >= 0.6 is 0 Å². The van der Waals surface area contributed by atoms with Crippen LogP contribution in [0.3, 0.4) is 0 Å². The standard InChI is InChI=1S/C19H30N4O/c1-3-22(18-6-4-5-15(2)11-18)10-9-20-19(24)23-13-16-7-8-17(14-23)21-12-16/h4-6,11,16-17,21H,3,7-10,12-14H2,1-2H3,(H,20,24)/t16-,17-/m0/s1. The van der Waals surface area contributed by atoms with Gasteiger partial charge in [0.15, 0.2) is 0 Å². The van der Waals surface area contributed by atoms with Crippen LogP contribution in [0.25, 0.3) is 0 Å². The van der Waals surface area contributed by atoms with E-state index in [2.05, 4.69) is 53.6 Å². The van der Waals surface area contributed by atoms with Gasteiger partial charge >= 0.3 is 6.03 Å². The van der Waals surface area contributed by atoms with Gasteiger partial charge in [-0.05, 0) is 56.8 Å². The molecule has 3 fully saturated rings. The first kappa shape index (κ1) is 17.1. The molecule has 0 aromatic heterocycles. The molecule has 5 nitrogen and oxygen atoms in total. The first-order valence-corrected chi connectivity index (χ1v) is 9.23. The molecule has 3 aliphatic rings. The van der Waals surface area contributed by atoms with Crippen LogP contribution in [0.1, 0.15) is 25.3 Å². The summed E-state index contributed by atoms with van der Waals surface area (Å²) in [5, 5.41) is 6.66. The number of nitrogens with one attached hydrogen (secondary N) is 2. The Morgan fingerprint density at radius 2 is 2.25 bits per heavy atom. The largest absolute Gasteiger partial charge is 0.370 e. The summed E-state index contributed by atoms with van der Waals surface area (Å²) in [5.74, 6) is 0.619. The maximum Gasteiger partial charge on any atom is 0.317 e. The Bertz CT molecular complexity index is 540. The molecule has 1 aromatic carbocycles. The molecule has 1 aromatic rings. The van der Waals surface area contributed by atoms with Crippen molar-refractivity contribution in [3.8, 4) is 0 Å². The maximum atomic E-state index is 12.5. The highest BCUT2D eigenvalue weighted by atomic mass is 16.2. The molecular formula is C19H30N4O. The molecule has 0 spiro atoms. The molecule has 0 aliphatic carbocycles. The minimum atomic E-state index is 0.0934. The summed E-state index contributed by atoms with van der Waals surface area (Å²) in [4.78, 5) is 16.8. The third-order valence-corrected chi connectivity index (χ3v) is 5.23. The van der Waals surface area contributed by atoms with Crippen LogP contribution in [0.4, 0.5) is 10.5 Å². The molecule has 0 unspecified atom stereocenters. The average Bonchev–Trinajstić information content (AvgIpc) is 2.92. The van der Waals surface area contributed by atoms with Crippen molar-refractivity contribution in [2.45, 2.75) is 32.7 Å². The number of nitrogens with zero attached hydrogens (tertiary/aromatic N) is 2. The molecule has 2 bridgehead atoms. The highest BCUT2D eigenvalue weighted by molar-refractivity contribution is 5.74.